The van der Waals surface area contributed by atoms with Crippen LogP contribution in [0.25, 0.3) is 0 Å². The molecule has 0 aromatic heterocycles. The number of nitrogens with zero attached hydrogens (tertiary/aromatic N) is 1. The quantitative estimate of drug-likeness (QED) is 0.893. The van der Waals surface area contributed by atoms with Gasteiger partial charge in [-0.25, -0.2) is 9.59 Å². The fourth-order valence-electron chi connectivity index (χ4n) is 2.30. The number of carbonyl (C=O) groups is 2. The number of carboxylic acids is 1. The molecule has 6 heteroatoms. The summed E-state index contributed by atoms with van der Waals surface area (Å²) < 4.78 is 5.08. The van der Waals surface area contributed by atoms with Gasteiger partial charge in [0.1, 0.15) is 5.75 Å². The van der Waals surface area contributed by atoms with Crippen LogP contribution < -0.4 is 10.1 Å². The summed E-state index contributed by atoms with van der Waals surface area (Å²) in [5.41, 5.74) is 0.747. The average molecular weight is 292 g/mol. The summed E-state index contributed by atoms with van der Waals surface area (Å²) in [6, 6.07) is 6.57. The minimum Gasteiger partial charge on any atom is -0.482 e. The Kier molecular flexibility index (Phi) is 4.35. The largest absolute Gasteiger partial charge is 0.482 e. The molecule has 2 rings (SSSR count). The van der Waals surface area contributed by atoms with Gasteiger partial charge in [-0.2, -0.15) is 0 Å². The molecular formula is C15H20N2O4. The molecule has 1 saturated heterocycles. The van der Waals surface area contributed by atoms with E-state index >= 15 is 0 Å². The smallest absolute Gasteiger partial charge is 0.341 e. The topological polar surface area (TPSA) is 78.9 Å². The molecule has 0 bridgehead atoms. The maximum atomic E-state index is 12.2. The van der Waals surface area contributed by atoms with Gasteiger partial charge >= 0.3 is 12.0 Å². The molecule has 0 aliphatic carbocycles. The molecule has 6 nitrogen and oxygen atoms in total. The summed E-state index contributed by atoms with van der Waals surface area (Å²) >= 11 is 0. The van der Waals surface area contributed by atoms with E-state index in [-0.39, 0.29) is 11.4 Å². The maximum Gasteiger partial charge on any atom is 0.341 e. The minimum atomic E-state index is -1.04. The average Bonchev–Trinajstić information content (AvgIpc) is 2.77. The van der Waals surface area contributed by atoms with Crippen LogP contribution in [0.1, 0.15) is 20.3 Å². The number of ether oxygens (including phenoxy) is 1. The lowest BCUT2D eigenvalue weighted by Crippen LogP contribution is -2.34. The van der Waals surface area contributed by atoms with Crippen LogP contribution >= 0.6 is 0 Å². The van der Waals surface area contributed by atoms with Gasteiger partial charge in [0.15, 0.2) is 6.61 Å². The van der Waals surface area contributed by atoms with Gasteiger partial charge in [-0.05, 0) is 24.0 Å². The van der Waals surface area contributed by atoms with E-state index in [2.05, 4.69) is 19.2 Å². The molecule has 1 aliphatic heterocycles. The Hall–Kier alpha value is -2.24. The van der Waals surface area contributed by atoms with Crippen molar-refractivity contribution >= 4 is 17.7 Å². The van der Waals surface area contributed by atoms with Crippen molar-refractivity contribution in [3.63, 3.8) is 0 Å². The number of aliphatic carboxylic acids is 1. The van der Waals surface area contributed by atoms with Crippen molar-refractivity contribution in [1.29, 1.82) is 0 Å². The van der Waals surface area contributed by atoms with E-state index in [1.165, 1.54) is 0 Å². The van der Waals surface area contributed by atoms with Gasteiger partial charge in [0, 0.05) is 24.8 Å². The first-order valence-corrected chi connectivity index (χ1v) is 6.86. The Bertz CT molecular complexity index is 542. The number of rotatable bonds is 4. The molecule has 1 heterocycles. The third-order valence-corrected chi connectivity index (χ3v) is 3.41. The Labute approximate surface area is 123 Å². The van der Waals surface area contributed by atoms with Crippen LogP contribution in [0, 0.1) is 5.41 Å². The number of carboxylic acid groups (broad SMARTS) is 1. The van der Waals surface area contributed by atoms with E-state index in [9.17, 15) is 9.59 Å². The molecule has 1 aliphatic rings. The first-order valence-electron chi connectivity index (χ1n) is 6.86. The fourth-order valence-corrected chi connectivity index (χ4v) is 2.30. The van der Waals surface area contributed by atoms with E-state index < -0.39 is 12.6 Å². The van der Waals surface area contributed by atoms with E-state index in [1.807, 2.05) is 0 Å². The molecule has 21 heavy (non-hydrogen) atoms. The number of hydrogen-bond donors (Lipinski definition) is 2. The maximum absolute atomic E-state index is 12.2. The SMILES string of the molecule is CC1(C)CCN(C(=O)Nc2cccc(OCC(=O)O)c2)C1. The second-order valence-electron chi connectivity index (χ2n) is 5.98. The minimum absolute atomic E-state index is 0.143. The molecule has 0 saturated carbocycles. The molecule has 1 aromatic carbocycles. The predicted octanol–water partition coefficient (Wildman–Crippen LogP) is 2.41. The van der Waals surface area contributed by atoms with Gasteiger partial charge in [0.2, 0.25) is 0 Å². The van der Waals surface area contributed by atoms with Crippen LogP contribution in [-0.4, -0.2) is 41.7 Å². The van der Waals surface area contributed by atoms with Crippen molar-refractivity contribution in [2.45, 2.75) is 20.3 Å². The summed E-state index contributed by atoms with van der Waals surface area (Å²) in [5, 5.41) is 11.4. The standard InChI is InChI=1S/C15H20N2O4/c1-15(2)6-7-17(10-15)14(20)16-11-4-3-5-12(8-11)21-9-13(18)19/h3-5,8H,6-7,9-10H2,1-2H3,(H,16,20)(H,18,19). The number of carbonyl (C=O) groups excluding carboxylic acids is 1. The lowest BCUT2D eigenvalue weighted by Gasteiger charge is -2.20. The highest BCUT2D eigenvalue weighted by Gasteiger charge is 2.31. The van der Waals surface area contributed by atoms with E-state index in [1.54, 1.807) is 29.2 Å². The third kappa shape index (κ3) is 4.37. The van der Waals surface area contributed by atoms with Crippen molar-refractivity contribution in [2.24, 2.45) is 5.41 Å². The lowest BCUT2D eigenvalue weighted by atomic mass is 9.93. The molecule has 0 spiro atoms. The Morgan fingerprint density at radius 1 is 1.43 bits per heavy atom. The molecule has 0 unspecified atom stereocenters. The number of benzene rings is 1. The van der Waals surface area contributed by atoms with E-state index in [4.69, 9.17) is 9.84 Å². The van der Waals surface area contributed by atoms with Crippen LogP contribution in [0.4, 0.5) is 10.5 Å². The van der Waals surface area contributed by atoms with Gasteiger partial charge < -0.3 is 20.1 Å². The van der Waals surface area contributed by atoms with E-state index in [0.29, 0.717) is 11.4 Å². The summed E-state index contributed by atoms with van der Waals surface area (Å²) in [6.07, 6.45) is 0.988. The number of hydrogen-bond acceptors (Lipinski definition) is 3. The zero-order valence-electron chi connectivity index (χ0n) is 12.3. The summed E-state index contributed by atoms with van der Waals surface area (Å²) in [6.45, 7) is 5.35. The number of amides is 2. The molecule has 0 radical (unpaired) electrons. The lowest BCUT2D eigenvalue weighted by molar-refractivity contribution is -0.139. The molecule has 114 valence electrons. The van der Waals surface area contributed by atoms with Crippen molar-refractivity contribution < 1.29 is 19.4 Å². The zero-order chi connectivity index (χ0) is 15.5. The highest BCUT2D eigenvalue weighted by molar-refractivity contribution is 5.89. The second kappa shape index (κ2) is 6.03. The van der Waals surface area contributed by atoms with E-state index in [0.717, 1.165) is 19.5 Å². The Morgan fingerprint density at radius 3 is 2.81 bits per heavy atom. The highest BCUT2D eigenvalue weighted by Crippen LogP contribution is 2.29. The van der Waals surface area contributed by atoms with Gasteiger partial charge in [0.25, 0.3) is 0 Å². The third-order valence-electron chi connectivity index (χ3n) is 3.41. The molecule has 1 fully saturated rings. The number of nitrogens with one attached hydrogen (secondary N) is 1. The van der Waals surface area contributed by atoms with Crippen molar-refractivity contribution in [1.82, 2.24) is 4.90 Å². The van der Waals surface area contributed by atoms with Gasteiger partial charge in [-0.1, -0.05) is 19.9 Å². The molecule has 2 N–H and O–H groups in total. The summed E-state index contributed by atoms with van der Waals surface area (Å²) in [7, 11) is 0. The number of urea groups is 1. The van der Waals surface area contributed by atoms with Crippen molar-refractivity contribution in [2.75, 3.05) is 25.0 Å². The molecule has 2 amide bonds. The number of likely N-dealkylation sites (tertiary alicyclic amines) is 1. The summed E-state index contributed by atoms with van der Waals surface area (Å²) in [4.78, 5) is 24.4. The molecule has 1 aromatic rings. The molecular weight excluding hydrogens is 272 g/mol. The van der Waals surface area contributed by atoms with Gasteiger partial charge in [-0.15, -0.1) is 0 Å². The van der Waals surface area contributed by atoms with Crippen LogP contribution in [0.2, 0.25) is 0 Å². The monoisotopic (exact) mass is 292 g/mol. The van der Waals surface area contributed by atoms with Crippen molar-refractivity contribution in [3.05, 3.63) is 24.3 Å². The first kappa shape index (κ1) is 15.2. The molecule has 0 atom stereocenters. The summed E-state index contributed by atoms with van der Waals surface area (Å²) in [5.74, 6) is -0.624. The van der Waals surface area contributed by atoms with Crippen LogP contribution in [0.15, 0.2) is 24.3 Å². The normalized spacial score (nSPS) is 16.6. The van der Waals surface area contributed by atoms with Crippen LogP contribution in [-0.2, 0) is 4.79 Å². The highest BCUT2D eigenvalue weighted by atomic mass is 16.5. The predicted molar refractivity (Wildman–Crippen MR) is 78.6 cm³/mol. The second-order valence-corrected chi connectivity index (χ2v) is 5.98. The van der Waals surface area contributed by atoms with Crippen molar-refractivity contribution in [3.8, 4) is 5.75 Å². The Balaban J connectivity index is 1.95. The zero-order valence-corrected chi connectivity index (χ0v) is 12.3. The fraction of sp³-hybridized carbons (Fsp3) is 0.467. The number of anilines is 1. The van der Waals surface area contributed by atoms with Crippen LogP contribution in [0.5, 0.6) is 5.75 Å². The Morgan fingerprint density at radius 2 is 2.19 bits per heavy atom. The van der Waals surface area contributed by atoms with Gasteiger partial charge in [0.05, 0.1) is 0 Å². The first-order chi connectivity index (χ1) is 9.85. The van der Waals surface area contributed by atoms with Gasteiger partial charge in [-0.3, -0.25) is 0 Å². The van der Waals surface area contributed by atoms with Crippen LogP contribution in [0.3, 0.4) is 0 Å².